The highest BCUT2D eigenvalue weighted by Gasteiger charge is 2.27. The summed E-state index contributed by atoms with van der Waals surface area (Å²) in [6.45, 7) is 8.41. The Morgan fingerprint density at radius 3 is 2.30 bits per heavy atom. The lowest BCUT2D eigenvalue weighted by Crippen LogP contribution is -2.41. The van der Waals surface area contributed by atoms with E-state index in [0.717, 1.165) is 35.5 Å². The minimum atomic E-state index is -3.95. The minimum Gasteiger partial charge on any atom is -0.302 e. The average molecular weight is 535 g/mol. The van der Waals surface area contributed by atoms with Gasteiger partial charge in [-0.1, -0.05) is 42.9 Å². The van der Waals surface area contributed by atoms with E-state index in [0.29, 0.717) is 22.2 Å². The highest BCUT2D eigenvalue weighted by Crippen LogP contribution is 2.35. The number of nitrogens with zero attached hydrogens (tertiary/aromatic N) is 3. The second kappa shape index (κ2) is 11.6. The fourth-order valence-electron chi connectivity index (χ4n) is 3.28. The van der Waals surface area contributed by atoms with Gasteiger partial charge in [0.15, 0.2) is 15.0 Å². The van der Waals surface area contributed by atoms with E-state index in [9.17, 15) is 17.6 Å². The van der Waals surface area contributed by atoms with Gasteiger partial charge < -0.3 is 4.90 Å². The fraction of sp³-hybridized carbons (Fsp3) is 0.364. The number of aryl methyl sites for hydroxylation is 1. The van der Waals surface area contributed by atoms with Gasteiger partial charge in [-0.3, -0.25) is 9.69 Å². The largest absolute Gasteiger partial charge is 0.302 e. The second-order valence-electron chi connectivity index (χ2n) is 7.32. The molecule has 0 bridgehead atoms. The normalized spacial score (nSPS) is 11.6. The number of aromatic nitrogens is 1. The van der Waals surface area contributed by atoms with Crippen LogP contribution in [0.2, 0.25) is 5.02 Å². The zero-order chi connectivity index (χ0) is 23.5. The lowest BCUT2D eigenvalue weighted by Gasteiger charge is -2.24. The summed E-state index contributed by atoms with van der Waals surface area (Å²) in [6, 6.07) is 8.09. The lowest BCUT2D eigenvalue weighted by molar-refractivity contribution is -0.116. The van der Waals surface area contributed by atoms with Crippen molar-refractivity contribution in [2.45, 2.75) is 25.7 Å². The van der Waals surface area contributed by atoms with E-state index in [1.54, 1.807) is 6.07 Å². The van der Waals surface area contributed by atoms with Gasteiger partial charge in [-0.15, -0.1) is 12.4 Å². The molecule has 0 saturated heterocycles. The van der Waals surface area contributed by atoms with Gasteiger partial charge in [-0.25, -0.2) is 17.8 Å². The van der Waals surface area contributed by atoms with Crippen LogP contribution in [-0.2, 0) is 14.6 Å². The zero-order valence-electron chi connectivity index (χ0n) is 18.5. The molecular formula is C22H26Cl2FN3O3S2. The van der Waals surface area contributed by atoms with Crippen molar-refractivity contribution in [1.29, 1.82) is 0 Å². The Morgan fingerprint density at radius 2 is 1.73 bits per heavy atom. The molecule has 180 valence electrons. The first kappa shape index (κ1) is 27.5. The van der Waals surface area contributed by atoms with Gasteiger partial charge in [0.2, 0.25) is 5.91 Å². The Balaban J connectivity index is 0.00000385. The van der Waals surface area contributed by atoms with Crippen molar-refractivity contribution in [1.82, 2.24) is 9.88 Å². The SMILES string of the molecule is CCN(CC)CCN(C(=O)CS(=O)(=O)c1ccc(F)cc1)c1nc2c(C)ccc(Cl)c2s1.Cl. The minimum absolute atomic E-state index is 0. The number of amides is 1. The van der Waals surface area contributed by atoms with Crippen LogP contribution in [0, 0.1) is 12.7 Å². The smallest absolute Gasteiger partial charge is 0.244 e. The molecule has 1 amide bonds. The molecule has 0 unspecified atom stereocenters. The number of benzene rings is 2. The van der Waals surface area contributed by atoms with Crippen molar-refractivity contribution in [3.05, 3.63) is 52.8 Å². The molecule has 3 aromatic rings. The number of fused-ring (bicyclic) bond motifs is 1. The number of rotatable bonds is 9. The Hall–Kier alpha value is -1.78. The van der Waals surface area contributed by atoms with Crippen LogP contribution in [0.15, 0.2) is 41.3 Å². The van der Waals surface area contributed by atoms with Gasteiger partial charge in [0.25, 0.3) is 0 Å². The molecule has 2 aromatic carbocycles. The summed E-state index contributed by atoms with van der Waals surface area (Å²) in [5.41, 5.74) is 1.61. The zero-order valence-corrected chi connectivity index (χ0v) is 21.8. The molecule has 0 saturated carbocycles. The van der Waals surface area contributed by atoms with Crippen molar-refractivity contribution in [2.75, 3.05) is 36.8 Å². The van der Waals surface area contributed by atoms with Crippen molar-refractivity contribution in [3.8, 4) is 0 Å². The Kier molecular flexibility index (Phi) is 9.63. The maximum absolute atomic E-state index is 13.2. The van der Waals surface area contributed by atoms with Crippen LogP contribution in [0.4, 0.5) is 9.52 Å². The number of halogens is 3. The monoisotopic (exact) mass is 533 g/mol. The number of thiazole rings is 1. The third-order valence-corrected chi connectivity index (χ3v) is 8.39. The number of carbonyl (C=O) groups is 1. The van der Waals surface area contributed by atoms with Crippen LogP contribution in [0.25, 0.3) is 10.2 Å². The molecule has 0 fully saturated rings. The third kappa shape index (κ3) is 6.42. The van der Waals surface area contributed by atoms with Gasteiger partial charge in [-0.05, 0) is 55.9 Å². The van der Waals surface area contributed by atoms with Crippen molar-refractivity contribution >= 4 is 66.4 Å². The molecule has 0 spiro atoms. The first-order valence-corrected chi connectivity index (χ1v) is 13.1. The molecule has 0 aliphatic rings. The molecule has 0 radical (unpaired) electrons. The molecule has 1 heterocycles. The maximum atomic E-state index is 13.2. The number of hydrogen-bond donors (Lipinski definition) is 0. The average Bonchev–Trinajstić information content (AvgIpc) is 3.20. The topological polar surface area (TPSA) is 70.6 Å². The number of sulfone groups is 1. The standard InChI is InChI=1S/C22H25ClFN3O3S2.ClH/c1-4-26(5-2)12-13-27(22-25-20-15(3)6-11-18(23)21(20)31-22)19(28)14-32(29,30)17-9-7-16(24)8-10-17;/h6-11H,4-5,12-14H2,1-3H3;1H. The van der Waals surface area contributed by atoms with Gasteiger partial charge in [-0.2, -0.15) is 0 Å². The second-order valence-corrected chi connectivity index (χ2v) is 10.7. The van der Waals surface area contributed by atoms with Crippen LogP contribution in [0.5, 0.6) is 0 Å². The van der Waals surface area contributed by atoms with E-state index < -0.39 is 27.3 Å². The first-order chi connectivity index (χ1) is 15.2. The summed E-state index contributed by atoms with van der Waals surface area (Å²) in [6.07, 6.45) is 0. The van der Waals surface area contributed by atoms with Crippen LogP contribution in [-0.4, -0.2) is 56.1 Å². The maximum Gasteiger partial charge on any atom is 0.244 e. The summed E-state index contributed by atoms with van der Waals surface area (Å²) in [7, 11) is -3.95. The quantitative estimate of drug-likeness (QED) is 0.363. The number of hydrogen-bond acceptors (Lipinski definition) is 6. The molecule has 0 aliphatic heterocycles. The van der Waals surface area contributed by atoms with E-state index in [1.165, 1.54) is 28.4 Å². The summed E-state index contributed by atoms with van der Waals surface area (Å²) in [5.74, 6) is -1.87. The molecule has 6 nitrogen and oxygen atoms in total. The molecule has 33 heavy (non-hydrogen) atoms. The molecule has 0 N–H and O–H groups in total. The van der Waals surface area contributed by atoms with E-state index in [4.69, 9.17) is 11.6 Å². The summed E-state index contributed by atoms with van der Waals surface area (Å²) < 4.78 is 39.6. The molecule has 1 aromatic heterocycles. The predicted octanol–water partition coefficient (Wildman–Crippen LogP) is 4.97. The molecular weight excluding hydrogens is 508 g/mol. The van der Waals surface area contributed by atoms with Gasteiger partial charge in [0, 0.05) is 13.1 Å². The van der Waals surface area contributed by atoms with Crippen molar-refractivity contribution < 1.29 is 17.6 Å². The molecule has 0 aliphatic carbocycles. The van der Waals surface area contributed by atoms with Gasteiger partial charge in [0.05, 0.1) is 20.1 Å². The van der Waals surface area contributed by atoms with Crippen LogP contribution in [0.1, 0.15) is 19.4 Å². The van der Waals surface area contributed by atoms with Crippen LogP contribution in [0.3, 0.4) is 0 Å². The van der Waals surface area contributed by atoms with Crippen LogP contribution < -0.4 is 4.90 Å². The van der Waals surface area contributed by atoms with Crippen molar-refractivity contribution in [2.24, 2.45) is 0 Å². The van der Waals surface area contributed by atoms with Crippen molar-refractivity contribution in [3.63, 3.8) is 0 Å². The lowest BCUT2D eigenvalue weighted by atomic mass is 10.2. The van der Waals surface area contributed by atoms with E-state index in [-0.39, 0.29) is 23.8 Å². The Labute approximate surface area is 208 Å². The summed E-state index contributed by atoms with van der Waals surface area (Å²) in [4.78, 5) is 21.3. The molecule has 11 heteroatoms. The first-order valence-electron chi connectivity index (χ1n) is 10.2. The predicted molar refractivity (Wildman–Crippen MR) is 135 cm³/mol. The summed E-state index contributed by atoms with van der Waals surface area (Å²) in [5, 5.41) is 0.937. The number of anilines is 1. The number of carbonyl (C=O) groups excluding carboxylic acids is 1. The van der Waals surface area contributed by atoms with Gasteiger partial charge in [0.1, 0.15) is 11.6 Å². The highest BCUT2D eigenvalue weighted by molar-refractivity contribution is 7.92. The van der Waals surface area contributed by atoms with E-state index in [1.807, 2.05) is 26.8 Å². The molecule has 0 atom stereocenters. The summed E-state index contributed by atoms with van der Waals surface area (Å²) >= 11 is 7.59. The Bertz CT molecular complexity index is 1170. The number of likely N-dealkylation sites (N-methyl/N-ethyl adjacent to an activating group) is 1. The van der Waals surface area contributed by atoms with Crippen LogP contribution >= 0.6 is 35.3 Å². The fourth-order valence-corrected chi connectivity index (χ4v) is 5.84. The van der Waals surface area contributed by atoms with E-state index in [2.05, 4.69) is 9.88 Å². The third-order valence-electron chi connectivity index (χ3n) is 5.24. The van der Waals surface area contributed by atoms with E-state index >= 15 is 0 Å². The molecule has 3 rings (SSSR count). The highest BCUT2D eigenvalue weighted by atomic mass is 35.5. The Morgan fingerprint density at radius 1 is 1.09 bits per heavy atom. The van der Waals surface area contributed by atoms with Gasteiger partial charge >= 0.3 is 0 Å².